The fourth-order valence-electron chi connectivity index (χ4n) is 2.81. The predicted molar refractivity (Wildman–Crippen MR) is 80.3 cm³/mol. The number of hydrogen-bond acceptors (Lipinski definition) is 3. The lowest BCUT2D eigenvalue weighted by atomic mass is 10.1. The molecule has 1 fully saturated rings. The summed E-state index contributed by atoms with van der Waals surface area (Å²) in [6.07, 6.45) is -2.32. The average Bonchev–Trinajstić information content (AvgIpc) is 3.23. The number of carboxylic acid groups (broad SMARTS) is 1. The lowest BCUT2D eigenvalue weighted by Crippen LogP contribution is -2.40. The first-order valence-corrected chi connectivity index (χ1v) is 7.54. The number of aliphatic carboxylic acids is 1. The SMILES string of the molecule is O=C(O)[C@H]1CCCN1C(=O)c1ccc(-n2ccc(C(F)(F)F)n2)cc1. The Hall–Kier alpha value is -2.84. The molecular weight excluding hydrogens is 339 g/mol. The number of benzene rings is 1. The molecule has 1 N–H and O–H groups in total. The second-order valence-corrected chi connectivity index (χ2v) is 5.68. The largest absolute Gasteiger partial charge is 0.480 e. The molecule has 1 aromatic carbocycles. The van der Waals surface area contributed by atoms with Crippen LogP contribution in [-0.2, 0) is 11.0 Å². The van der Waals surface area contributed by atoms with Gasteiger partial charge in [0.15, 0.2) is 5.69 Å². The quantitative estimate of drug-likeness (QED) is 0.920. The Morgan fingerprint density at radius 1 is 1.16 bits per heavy atom. The van der Waals surface area contributed by atoms with Crippen molar-refractivity contribution in [2.45, 2.75) is 25.1 Å². The molecule has 3 rings (SSSR count). The number of nitrogens with zero attached hydrogens (tertiary/aromatic N) is 3. The van der Waals surface area contributed by atoms with Crippen molar-refractivity contribution >= 4 is 11.9 Å². The van der Waals surface area contributed by atoms with Gasteiger partial charge in [0.2, 0.25) is 0 Å². The number of carboxylic acids is 1. The molecule has 0 spiro atoms. The normalized spacial score (nSPS) is 17.7. The highest BCUT2D eigenvalue weighted by molar-refractivity contribution is 5.97. The standard InChI is InChI=1S/C16H14F3N3O3/c17-16(18,19)13-7-9-22(20-13)11-5-3-10(4-6-11)14(23)21-8-1-2-12(21)15(24)25/h3-7,9,12H,1-2,8H2,(H,24,25)/t12-/m1/s1. The summed E-state index contributed by atoms with van der Waals surface area (Å²) in [5.41, 5.74) is -0.364. The van der Waals surface area contributed by atoms with Crippen LogP contribution in [0.25, 0.3) is 5.69 Å². The van der Waals surface area contributed by atoms with Crippen molar-refractivity contribution in [1.29, 1.82) is 0 Å². The van der Waals surface area contributed by atoms with Gasteiger partial charge in [0, 0.05) is 18.3 Å². The zero-order chi connectivity index (χ0) is 18.2. The number of rotatable bonds is 3. The average molecular weight is 353 g/mol. The van der Waals surface area contributed by atoms with Crippen molar-refractivity contribution in [2.24, 2.45) is 0 Å². The molecule has 1 atom stereocenters. The maximum Gasteiger partial charge on any atom is 0.435 e. The van der Waals surface area contributed by atoms with Gasteiger partial charge < -0.3 is 10.0 Å². The number of carbonyl (C=O) groups is 2. The maximum atomic E-state index is 12.6. The molecule has 9 heteroatoms. The number of halogens is 3. The molecule has 1 aliphatic rings. The van der Waals surface area contributed by atoms with E-state index in [1.54, 1.807) is 0 Å². The van der Waals surface area contributed by atoms with E-state index in [4.69, 9.17) is 5.11 Å². The Bertz CT molecular complexity index is 799. The summed E-state index contributed by atoms with van der Waals surface area (Å²) in [6, 6.07) is 5.85. The first kappa shape index (κ1) is 17.0. The number of alkyl halides is 3. The Kier molecular flexibility index (Phi) is 4.23. The van der Waals surface area contributed by atoms with E-state index in [2.05, 4.69) is 5.10 Å². The van der Waals surface area contributed by atoms with Crippen LogP contribution in [-0.4, -0.2) is 44.3 Å². The number of carbonyl (C=O) groups excluding carboxylic acids is 1. The Morgan fingerprint density at radius 2 is 1.84 bits per heavy atom. The highest BCUT2D eigenvalue weighted by Gasteiger charge is 2.35. The van der Waals surface area contributed by atoms with Crippen LogP contribution in [0, 0.1) is 0 Å². The summed E-state index contributed by atoms with van der Waals surface area (Å²) < 4.78 is 38.8. The molecule has 2 aromatic rings. The number of hydrogen-bond donors (Lipinski definition) is 1. The van der Waals surface area contributed by atoms with Crippen molar-refractivity contribution in [2.75, 3.05) is 6.54 Å². The van der Waals surface area contributed by atoms with Crippen LogP contribution >= 0.6 is 0 Å². The van der Waals surface area contributed by atoms with Crippen LogP contribution in [0.2, 0.25) is 0 Å². The maximum absolute atomic E-state index is 12.6. The van der Waals surface area contributed by atoms with Crippen molar-refractivity contribution in [3.63, 3.8) is 0 Å². The Labute approximate surface area is 140 Å². The number of amides is 1. The second-order valence-electron chi connectivity index (χ2n) is 5.68. The van der Waals surface area contributed by atoms with Gasteiger partial charge in [0.25, 0.3) is 5.91 Å². The molecule has 25 heavy (non-hydrogen) atoms. The lowest BCUT2D eigenvalue weighted by molar-refractivity contribution is -0.142. The third-order valence-electron chi connectivity index (χ3n) is 4.06. The molecule has 0 aliphatic carbocycles. The van der Waals surface area contributed by atoms with Crippen LogP contribution in [0.1, 0.15) is 28.9 Å². The van der Waals surface area contributed by atoms with Gasteiger partial charge in [0.1, 0.15) is 6.04 Å². The molecule has 1 amide bonds. The number of likely N-dealkylation sites (tertiary alicyclic amines) is 1. The van der Waals surface area contributed by atoms with E-state index >= 15 is 0 Å². The zero-order valence-corrected chi connectivity index (χ0v) is 12.9. The molecule has 2 heterocycles. The van der Waals surface area contributed by atoms with E-state index in [-0.39, 0.29) is 5.56 Å². The van der Waals surface area contributed by atoms with Crippen molar-refractivity contribution < 1.29 is 27.9 Å². The minimum atomic E-state index is -4.53. The zero-order valence-electron chi connectivity index (χ0n) is 12.9. The highest BCUT2D eigenvalue weighted by Crippen LogP contribution is 2.28. The molecule has 0 unspecified atom stereocenters. The summed E-state index contributed by atoms with van der Waals surface area (Å²) in [5, 5.41) is 12.6. The molecule has 0 radical (unpaired) electrons. The van der Waals surface area contributed by atoms with E-state index in [0.29, 0.717) is 25.1 Å². The summed E-state index contributed by atoms with van der Waals surface area (Å²) in [4.78, 5) is 24.9. The molecule has 6 nitrogen and oxygen atoms in total. The first-order valence-electron chi connectivity index (χ1n) is 7.54. The van der Waals surface area contributed by atoms with E-state index in [1.807, 2.05) is 0 Å². The van der Waals surface area contributed by atoms with Crippen molar-refractivity contribution in [1.82, 2.24) is 14.7 Å². The summed E-state index contributed by atoms with van der Waals surface area (Å²) in [7, 11) is 0. The minimum Gasteiger partial charge on any atom is -0.480 e. The van der Waals surface area contributed by atoms with E-state index in [0.717, 1.165) is 10.7 Å². The van der Waals surface area contributed by atoms with Crippen molar-refractivity contribution in [3.8, 4) is 5.69 Å². The summed E-state index contributed by atoms with van der Waals surface area (Å²) in [5.74, 6) is -1.45. The molecule has 0 bridgehead atoms. The van der Waals surface area contributed by atoms with Crippen LogP contribution in [0.4, 0.5) is 13.2 Å². The van der Waals surface area contributed by atoms with Crippen LogP contribution < -0.4 is 0 Å². The monoisotopic (exact) mass is 353 g/mol. The van der Waals surface area contributed by atoms with Gasteiger partial charge in [-0.25, -0.2) is 9.48 Å². The van der Waals surface area contributed by atoms with E-state index in [9.17, 15) is 22.8 Å². The molecule has 1 aromatic heterocycles. The fourth-order valence-corrected chi connectivity index (χ4v) is 2.81. The molecule has 132 valence electrons. The smallest absolute Gasteiger partial charge is 0.435 e. The number of aromatic nitrogens is 2. The first-order chi connectivity index (χ1) is 11.8. The molecular formula is C16H14F3N3O3. The van der Waals surface area contributed by atoms with Gasteiger partial charge in [-0.3, -0.25) is 4.79 Å². The lowest BCUT2D eigenvalue weighted by Gasteiger charge is -2.21. The predicted octanol–water partition coefficient (Wildman–Crippen LogP) is 2.58. The third kappa shape index (κ3) is 3.35. The Balaban J connectivity index is 1.79. The van der Waals surface area contributed by atoms with Gasteiger partial charge in [-0.2, -0.15) is 18.3 Å². The molecule has 0 saturated carbocycles. The van der Waals surface area contributed by atoms with Crippen molar-refractivity contribution in [3.05, 3.63) is 47.8 Å². The van der Waals surface area contributed by atoms with Gasteiger partial charge in [0.05, 0.1) is 5.69 Å². The third-order valence-corrected chi connectivity index (χ3v) is 4.06. The van der Waals surface area contributed by atoms with Gasteiger partial charge in [-0.15, -0.1) is 0 Å². The van der Waals surface area contributed by atoms with Gasteiger partial charge in [-0.1, -0.05) is 0 Å². The van der Waals surface area contributed by atoms with E-state index in [1.165, 1.54) is 35.4 Å². The molecule has 1 aliphatic heterocycles. The topological polar surface area (TPSA) is 75.4 Å². The molecule has 1 saturated heterocycles. The minimum absolute atomic E-state index is 0.278. The van der Waals surface area contributed by atoms with Crippen LogP contribution in [0.5, 0.6) is 0 Å². The van der Waals surface area contributed by atoms with Gasteiger partial charge >= 0.3 is 12.1 Å². The Morgan fingerprint density at radius 3 is 2.40 bits per heavy atom. The summed E-state index contributed by atoms with van der Waals surface area (Å²) in [6.45, 7) is 0.367. The highest BCUT2D eigenvalue weighted by atomic mass is 19.4. The van der Waals surface area contributed by atoms with Crippen LogP contribution in [0.3, 0.4) is 0 Å². The van der Waals surface area contributed by atoms with Crippen LogP contribution in [0.15, 0.2) is 36.5 Å². The van der Waals surface area contributed by atoms with E-state index < -0.39 is 29.8 Å². The fraction of sp³-hybridized carbons (Fsp3) is 0.312. The summed E-state index contributed by atoms with van der Waals surface area (Å²) >= 11 is 0. The van der Waals surface area contributed by atoms with Gasteiger partial charge in [-0.05, 0) is 43.2 Å². The second kappa shape index (κ2) is 6.23.